The molecule has 1 aliphatic heterocycles. The van der Waals surface area contributed by atoms with Crippen LogP contribution in [0.2, 0.25) is 0 Å². The van der Waals surface area contributed by atoms with Crippen LogP contribution in [0, 0.1) is 0 Å². The lowest BCUT2D eigenvalue weighted by atomic mass is 9.78. The molecule has 0 bridgehead atoms. The number of benzene rings is 2. The van der Waals surface area contributed by atoms with Gasteiger partial charge in [-0.05, 0) is 56.4 Å². The van der Waals surface area contributed by atoms with Crippen LogP contribution < -0.4 is 11.2 Å². The molecular weight excluding hydrogens is 369 g/mol. The van der Waals surface area contributed by atoms with E-state index in [2.05, 4.69) is 52.0 Å². The predicted molar refractivity (Wildman–Crippen MR) is 123 cm³/mol. The van der Waals surface area contributed by atoms with Crippen molar-refractivity contribution < 1.29 is 13.5 Å². The molecule has 1 saturated heterocycles. The van der Waals surface area contributed by atoms with Crippen LogP contribution in [0.25, 0.3) is 11.1 Å². The summed E-state index contributed by atoms with van der Waals surface area (Å²) in [5.74, 6) is 0. The summed E-state index contributed by atoms with van der Waals surface area (Å²) in [6.45, 7) is 12.3. The summed E-state index contributed by atoms with van der Waals surface area (Å²) < 4.78 is 21.7. The van der Waals surface area contributed by atoms with Gasteiger partial charge in [-0.15, -0.1) is 0 Å². The van der Waals surface area contributed by atoms with Gasteiger partial charge in [0, 0.05) is 29.0 Å². The van der Waals surface area contributed by atoms with Crippen LogP contribution in [0.3, 0.4) is 0 Å². The Balaban J connectivity index is 0.000000583. The lowest BCUT2D eigenvalue weighted by Crippen LogP contribution is -2.41. The van der Waals surface area contributed by atoms with E-state index >= 15 is 0 Å². The van der Waals surface area contributed by atoms with Crippen LogP contribution in [-0.2, 0) is 20.1 Å². The molecule has 0 unspecified atom stereocenters. The molecule has 2 N–H and O–H groups in total. The molecule has 6 heteroatoms. The second-order valence-corrected chi connectivity index (χ2v) is 9.06. The molecular formula is C22H34BNO3S. The van der Waals surface area contributed by atoms with Crippen LogP contribution in [0.1, 0.15) is 41.5 Å². The third-order valence-electron chi connectivity index (χ3n) is 4.68. The maximum Gasteiger partial charge on any atom is 0.494 e. The first kappa shape index (κ1) is 24.4. The Bertz CT molecular complexity index is 738. The fraction of sp³-hybridized carbons (Fsp3) is 0.455. The summed E-state index contributed by atoms with van der Waals surface area (Å²) >= 11 is 0. The number of nitrogens with two attached hydrogens (primary N) is 1. The normalized spacial score (nSPS) is 16.7. The van der Waals surface area contributed by atoms with E-state index in [1.165, 1.54) is 0 Å². The summed E-state index contributed by atoms with van der Waals surface area (Å²) in [4.78, 5) is 0. The molecule has 1 aliphatic rings. The molecule has 28 heavy (non-hydrogen) atoms. The van der Waals surface area contributed by atoms with Gasteiger partial charge in [0.2, 0.25) is 0 Å². The van der Waals surface area contributed by atoms with Gasteiger partial charge in [-0.1, -0.05) is 50.2 Å². The zero-order valence-electron chi connectivity index (χ0n) is 18.4. The lowest BCUT2D eigenvalue weighted by Gasteiger charge is -2.32. The molecule has 4 nitrogen and oxygen atoms in total. The van der Waals surface area contributed by atoms with Crippen LogP contribution in [-0.4, -0.2) is 35.0 Å². The molecule has 2 aromatic rings. The zero-order chi connectivity index (χ0) is 21.5. The van der Waals surface area contributed by atoms with Crippen molar-refractivity contribution in [1.29, 1.82) is 0 Å². The van der Waals surface area contributed by atoms with E-state index in [1.807, 2.05) is 38.1 Å². The first-order chi connectivity index (χ1) is 13.0. The largest absolute Gasteiger partial charge is 0.494 e. The molecule has 0 saturated carbocycles. The van der Waals surface area contributed by atoms with Crippen molar-refractivity contribution in [3.05, 3.63) is 48.5 Å². The molecule has 0 radical (unpaired) electrons. The molecule has 1 heterocycles. The summed E-state index contributed by atoms with van der Waals surface area (Å²) in [6, 6.07) is 16.2. The maximum atomic E-state index is 9.56. The number of rotatable bonds is 2. The highest BCUT2D eigenvalue weighted by atomic mass is 32.2. The fourth-order valence-electron chi connectivity index (χ4n) is 2.49. The van der Waals surface area contributed by atoms with Gasteiger partial charge in [-0.25, -0.2) is 0 Å². The average molecular weight is 403 g/mol. The van der Waals surface area contributed by atoms with Crippen molar-refractivity contribution >= 4 is 29.1 Å². The molecule has 1 fully saturated rings. The third kappa shape index (κ3) is 6.47. The van der Waals surface area contributed by atoms with Crippen LogP contribution in [0.4, 0.5) is 5.69 Å². The van der Waals surface area contributed by atoms with Crippen molar-refractivity contribution in [2.45, 2.75) is 52.7 Å². The molecule has 0 spiro atoms. The van der Waals surface area contributed by atoms with E-state index < -0.39 is 10.8 Å². The van der Waals surface area contributed by atoms with Crippen molar-refractivity contribution in [2.24, 2.45) is 0 Å². The SMILES string of the molecule is CC.CC1(C)OB(c2ccc(-c3ccc(N)cc3)cc2)OC1(C)C.CS(C)=O. The van der Waals surface area contributed by atoms with E-state index in [1.54, 1.807) is 12.5 Å². The minimum Gasteiger partial charge on any atom is -0.399 e. The summed E-state index contributed by atoms with van der Waals surface area (Å²) in [5.41, 5.74) is 9.22. The standard InChI is InChI=1S/C18H22BNO2.C2H6OS.C2H6/c1-17(2)18(3,4)22-19(21-17)15-9-5-13(6-10-15)14-7-11-16(20)12-8-14;1-4(2)3;1-2/h5-12H,20H2,1-4H3;1-2H3;1-2H3. The van der Waals surface area contributed by atoms with Crippen molar-refractivity contribution in [3.8, 4) is 11.1 Å². The number of nitrogen functional groups attached to an aromatic ring is 1. The first-order valence-corrected chi connectivity index (χ1v) is 11.5. The smallest absolute Gasteiger partial charge is 0.399 e. The molecule has 0 atom stereocenters. The molecule has 3 rings (SSSR count). The number of anilines is 1. The Morgan fingerprint density at radius 1 is 0.786 bits per heavy atom. The Morgan fingerprint density at radius 3 is 1.46 bits per heavy atom. The lowest BCUT2D eigenvalue weighted by molar-refractivity contribution is 0.00578. The molecule has 2 aromatic carbocycles. The quantitative estimate of drug-likeness (QED) is 0.601. The van der Waals surface area contributed by atoms with E-state index in [0.717, 1.165) is 22.3 Å². The zero-order valence-corrected chi connectivity index (χ0v) is 19.2. The van der Waals surface area contributed by atoms with Gasteiger partial charge >= 0.3 is 7.12 Å². The Kier molecular flexibility index (Phi) is 8.93. The maximum absolute atomic E-state index is 9.56. The van der Waals surface area contributed by atoms with E-state index in [4.69, 9.17) is 15.0 Å². The van der Waals surface area contributed by atoms with Crippen LogP contribution in [0.5, 0.6) is 0 Å². The summed E-state index contributed by atoms with van der Waals surface area (Å²) in [7, 11) is -0.925. The second-order valence-electron chi connectivity index (χ2n) is 7.57. The Labute approximate surface area is 173 Å². The van der Waals surface area contributed by atoms with Gasteiger partial charge < -0.3 is 15.0 Å². The molecule has 0 aromatic heterocycles. The second kappa shape index (κ2) is 10.2. The molecule has 0 amide bonds. The van der Waals surface area contributed by atoms with Gasteiger partial charge in [0.25, 0.3) is 0 Å². The van der Waals surface area contributed by atoms with Gasteiger partial charge in [-0.3, -0.25) is 4.21 Å². The van der Waals surface area contributed by atoms with Gasteiger partial charge in [0.05, 0.1) is 11.2 Å². The average Bonchev–Trinajstić information content (AvgIpc) is 2.85. The monoisotopic (exact) mass is 403 g/mol. The highest BCUT2D eigenvalue weighted by Gasteiger charge is 2.51. The predicted octanol–water partition coefficient (Wildman–Crippen LogP) is 4.26. The number of hydrogen-bond acceptors (Lipinski definition) is 4. The van der Waals surface area contributed by atoms with Crippen molar-refractivity contribution in [2.75, 3.05) is 18.2 Å². The Morgan fingerprint density at radius 2 is 1.11 bits per heavy atom. The van der Waals surface area contributed by atoms with Gasteiger partial charge in [0.15, 0.2) is 0 Å². The van der Waals surface area contributed by atoms with Crippen LogP contribution in [0.15, 0.2) is 48.5 Å². The molecule has 154 valence electrons. The first-order valence-electron chi connectivity index (χ1n) is 9.58. The highest BCUT2D eigenvalue weighted by molar-refractivity contribution is 7.83. The van der Waals surface area contributed by atoms with Gasteiger partial charge in [-0.2, -0.15) is 0 Å². The van der Waals surface area contributed by atoms with Crippen molar-refractivity contribution in [3.63, 3.8) is 0 Å². The topological polar surface area (TPSA) is 61.6 Å². The van der Waals surface area contributed by atoms with E-state index in [0.29, 0.717) is 0 Å². The van der Waals surface area contributed by atoms with Crippen molar-refractivity contribution in [1.82, 2.24) is 0 Å². The minimum atomic E-state index is -0.611. The summed E-state index contributed by atoms with van der Waals surface area (Å²) in [6.07, 6.45) is 3.28. The highest BCUT2D eigenvalue weighted by Crippen LogP contribution is 2.36. The molecule has 0 aliphatic carbocycles. The third-order valence-corrected chi connectivity index (χ3v) is 4.68. The number of hydrogen-bond donors (Lipinski definition) is 1. The van der Waals surface area contributed by atoms with Crippen LogP contribution >= 0.6 is 0 Å². The van der Waals surface area contributed by atoms with E-state index in [9.17, 15) is 4.21 Å². The minimum absolute atomic E-state index is 0.312. The fourth-order valence-corrected chi connectivity index (χ4v) is 2.49. The summed E-state index contributed by atoms with van der Waals surface area (Å²) in [5, 5.41) is 0. The Hall–Kier alpha value is -1.63. The van der Waals surface area contributed by atoms with E-state index in [-0.39, 0.29) is 18.3 Å². The van der Waals surface area contributed by atoms with Gasteiger partial charge in [0.1, 0.15) is 0 Å².